The van der Waals surface area contributed by atoms with Gasteiger partial charge in [-0.3, -0.25) is 4.84 Å². The summed E-state index contributed by atoms with van der Waals surface area (Å²) in [5, 5.41) is 2.10. The highest BCUT2D eigenvalue weighted by Gasteiger charge is 2.55. The number of hydrogen-bond acceptors (Lipinski definition) is 2. The second kappa shape index (κ2) is 6.25. The molecule has 0 aromatic heterocycles. The normalized spacial score (nSPS) is 23.7. The average molecular weight is 279 g/mol. The Bertz CT molecular complexity index is 581. The second-order valence-corrected chi connectivity index (χ2v) is 5.44. The van der Waals surface area contributed by atoms with Crippen LogP contribution in [0.25, 0.3) is 0 Å². The van der Waals surface area contributed by atoms with Gasteiger partial charge in [0.1, 0.15) is 0 Å². The molecule has 0 bridgehead atoms. The molecule has 1 saturated heterocycles. The zero-order chi connectivity index (χ0) is 14.5. The summed E-state index contributed by atoms with van der Waals surface area (Å²) in [6.07, 6.45) is 5.08. The van der Waals surface area contributed by atoms with Gasteiger partial charge in [0.2, 0.25) is 0 Å². The highest BCUT2D eigenvalue weighted by molar-refractivity contribution is 5.25. The van der Waals surface area contributed by atoms with Crippen molar-refractivity contribution >= 4 is 0 Å². The van der Waals surface area contributed by atoms with Gasteiger partial charge in [0, 0.05) is 5.56 Å². The molecule has 2 atom stereocenters. The van der Waals surface area contributed by atoms with E-state index in [0.717, 1.165) is 25.8 Å². The van der Waals surface area contributed by atoms with Gasteiger partial charge in [-0.1, -0.05) is 66.7 Å². The number of nitrogens with zero attached hydrogens (tertiary/aromatic N) is 1. The fourth-order valence-corrected chi connectivity index (χ4v) is 2.77. The zero-order valence-electron chi connectivity index (χ0n) is 12.2. The van der Waals surface area contributed by atoms with Gasteiger partial charge in [0.25, 0.3) is 0 Å². The summed E-state index contributed by atoms with van der Waals surface area (Å²) in [4.78, 5) is 6.04. The van der Waals surface area contributed by atoms with Gasteiger partial charge in [-0.05, 0) is 24.8 Å². The highest BCUT2D eigenvalue weighted by Crippen LogP contribution is 2.49. The molecule has 108 valence electrons. The Kier molecular flexibility index (Phi) is 4.18. The predicted molar refractivity (Wildman–Crippen MR) is 85.2 cm³/mol. The van der Waals surface area contributed by atoms with Crippen LogP contribution in [-0.4, -0.2) is 5.06 Å². The summed E-state index contributed by atoms with van der Waals surface area (Å²) in [6, 6.07) is 21.0. The first kappa shape index (κ1) is 14.1. The van der Waals surface area contributed by atoms with E-state index in [2.05, 4.69) is 60.2 Å². The molecule has 1 aliphatic heterocycles. The van der Waals surface area contributed by atoms with Crippen molar-refractivity contribution in [2.45, 2.75) is 31.5 Å². The fourth-order valence-electron chi connectivity index (χ4n) is 2.77. The van der Waals surface area contributed by atoms with E-state index < -0.39 is 0 Å². The number of benzene rings is 2. The Morgan fingerprint density at radius 1 is 1.00 bits per heavy atom. The lowest BCUT2D eigenvalue weighted by molar-refractivity contribution is 0.185. The second-order valence-electron chi connectivity index (χ2n) is 5.44. The van der Waals surface area contributed by atoms with Crippen LogP contribution < -0.4 is 0 Å². The molecule has 1 aliphatic rings. The van der Waals surface area contributed by atoms with E-state index in [0.29, 0.717) is 0 Å². The van der Waals surface area contributed by atoms with Gasteiger partial charge >= 0.3 is 0 Å². The molecule has 0 amide bonds. The molecule has 0 radical (unpaired) electrons. The van der Waals surface area contributed by atoms with Crippen molar-refractivity contribution in [1.29, 1.82) is 0 Å². The summed E-state index contributed by atoms with van der Waals surface area (Å²) in [6.45, 7) is 4.63. The largest absolute Gasteiger partial charge is 0.266 e. The summed E-state index contributed by atoms with van der Waals surface area (Å²) in [5.74, 6) is 0. The lowest BCUT2D eigenvalue weighted by Gasteiger charge is -2.12. The monoisotopic (exact) mass is 279 g/mol. The third-order valence-electron chi connectivity index (χ3n) is 3.95. The Morgan fingerprint density at radius 3 is 2.33 bits per heavy atom. The molecule has 1 unspecified atom stereocenters. The molecule has 0 spiro atoms. The molecule has 0 N–H and O–H groups in total. The summed E-state index contributed by atoms with van der Waals surface area (Å²) in [5.41, 5.74) is 2.27. The van der Waals surface area contributed by atoms with Crippen molar-refractivity contribution in [3.05, 3.63) is 84.4 Å². The Balaban J connectivity index is 1.75. The first-order chi connectivity index (χ1) is 10.3. The number of rotatable bonds is 7. The number of unbranched alkanes of at least 4 members (excludes halogenated alkanes) is 1. The molecule has 3 rings (SSSR count). The fraction of sp³-hybridized carbons (Fsp3) is 0.263. The molecular formula is C19H21NO. The third-order valence-corrected chi connectivity index (χ3v) is 3.95. The molecule has 0 saturated carbocycles. The average Bonchev–Trinajstić information content (AvgIpc) is 3.23. The minimum atomic E-state index is -0.250. The molecule has 0 aliphatic carbocycles. The summed E-state index contributed by atoms with van der Waals surface area (Å²) in [7, 11) is 0. The van der Waals surface area contributed by atoms with Gasteiger partial charge in [0.05, 0.1) is 6.54 Å². The predicted octanol–water partition coefficient (Wildman–Crippen LogP) is 4.64. The maximum atomic E-state index is 6.04. The molecule has 1 heterocycles. The molecular weight excluding hydrogens is 258 g/mol. The topological polar surface area (TPSA) is 15.5 Å². The van der Waals surface area contributed by atoms with Crippen molar-refractivity contribution in [3.63, 3.8) is 0 Å². The zero-order valence-corrected chi connectivity index (χ0v) is 12.2. The number of allylic oxidation sites excluding steroid dienone is 1. The smallest absolute Gasteiger partial charge is 0.190 e. The van der Waals surface area contributed by atoms with Gasteiger partial charge < -0.3 is 0 Å². The van der Waals surface area contributed by atoms with Crippen LogP contribution in [0.1, 0.15) is 30.4 Å². The Labute approximate surface area is 126 Å². The third kappa shape index (κ3) is 3.07. The minimum Gasteiger partial charge on any atom is -0.266 e. The molecule has 1 fully saturated rings. The van der Waals surface area contributed by atoms with Crippen LogP contribution in [0.5, 0.6) is 0 Å². The van der Waals surface area contributed by atoms with Crippen molar-refractivity contribution in [2.24, 2.45) is 0 Å². The molecule has 2 nitrogen and oxygen atoms in total. The highest BCUT2D eigenvalue weighted by atomic mass is 16.9. The molecule has 2 aromatic rings. The minimum absolute atomic E-state index is 0.250. The van der Waals surface area contributed by atoms with Crippen LogP contribution in [0.2, 0.25) is 0 Å². The van der Waals surface area contributed by atoms with Gasteiger partial charge in [-0.2, -0.15) is 0 Å². The van der Waals surface area contributed by atoms with Gasteiger partial charge in [0.15, 0.2) is 5.72 Å². The van der Waals surface area contributed by atoms with E-state index in [1.165, 1.54) is 11.1 Å². The lowest BCUT2D eigenvalue weighted by Crippen LogP contribution is -2.16. The van der Waals surface area contributed by atoms with Crippen LogP contribution in [0.15, 0.2) is 73.3 Å². The van der Waals surface area contributed by atoms with Crippen molar-refractivity contribution in [3.8, 4) is 0 Å². The van der Waals surface area contributed by atoms with Gasteiger partial charge in [-0.15, -0.1) is 11.6 Å². The summed E-state index contributed by atoms with van der Waals surface area (Å²) < 4.78 is 0. The van der Waals surface area contributed by atoms with Crippen LogP contribution in [0.4, 0.5) is 0 Å². The first-order valence-corrected chi connectivity index (χ1v) is 7.52. The van der Waals surface area contributed by atoms with Crippen LogP contribution in [0, 0.1) is 0 Å². The Morgan fingerprint density at radius 2 is 1.67 bits per heavy atom. The molecule has 2 aromatic carbocycles. The van der Waals surface area contributed by atoms with E-state index in [1.54, 1.807) is 0 Å². The molecule has 2 heteroatoms. The van der Waals surface area contributed by atoms with Crippen molar-refractivity contribution in [1.82, 2.24) is 5.06 Å². The van der Waals surface area contributed by atoms with E-state index in [1.807, 2.05) is 18.2 Å². The first-order valence-electron chi connectivity index (χ1n) is 7.52. The summed E-state index contributed by atoms with van der Waals surface area (Å²) >= 11 is 0. The van der Waals surface area contributed by atoms with E-state index in [9.17, 15) is 0 Å². The van der Waals surface area contributed by atoms with E-state index >= 15 is 0 Å². The maximum Gasteiger partial charge on any atom is 0.190 e. The van der Waals surface area contributed by atoms with Gasteiger partial charge in [-0.25, -0.2) is 0 Å². The SMILES string of the molecule is C=CCCC[C@@]1(c2ccccc2)ON1Cc1ccccc1. The molecule has 21 heavy (non-hydrogen) atoms. The number of hydroxylamine groups is 2. The van der Waals surface area contributed by atoms with Crippen LogP contribution >= 0.6 is 0 Å². The quantitative estimate of drug-likeness (QED) is 0.417. The van der Waals surface area contributed by atoms with E-state index in [-0.39, 0.29) is 5.72 Å². The van der Waals surface area contributed by atoms with Crippen molar-refractivity contribution < 1.29 is 4.84 Å². The van der Waals surface area contributed by atoms with Crippen LogP contribution in [-0.2, 0) is 17.1 Å². The van der Waals surface area contributed by atoms with Crippen LogP contribution in [0.3, 0.4) is 0 Å². The maximum absolute atomic E-state index is 6.04. The lowest BCUT2D eigenvalue weighted by atomic mass is 9.98. The standard InChI is InChI=1S/C19H21NO/c1-2-3-10-15-19(18-13-8-5-9-14-18)20(21-19)16-17-11-6-4-7-12-17/h2,4-9,11-14H,1,3,10,15-16H2/t19-,20?/m0/s1. The number of hydrogen-bond donors (Lipinski definition) is 0. The van der Waals surface area contributed by atoms with Crippen molar-refractivity contribution in [2.75, 3.05) is 0 Å². The Hall–Kier alpha value is -1.90. The van der Waals surface area contributed by atoms with E-state index in [4.69, 9.17) is 4.84 Å².